The predicted octanol–water partition coefficient (Wildman–Crippen LogP) is 0.431. The summed E-state index contributed by atoms with van der Waals surface area (Å²) in [5, 5.41) is 8.96. The minimum Gasteiger partial charge on any atom is -0.504 e. The van der Waals surface area contributed by atoms with Crippen molar-refractivity contribution < 1.29 is 5.11 Å². The zero-order valence-electron chi connectivity index (χ0n) is 3.46. The lowest BCUT2D eigenvalue weighted by Gasteiger charge is -1.78. The molecule has 1 rings (SSSR count). The van der Waals surface area contributed by atoms with Crippen molar-refractivity contribution in [3.05, 3.63) is 6.20 Å². The molecule has 4 heteroatoms. The van der Waals surface area contributed by atoms with E-state index >= 15 is 0 Å². The van der Waals surface area contributed by atoms with Crippen LogP contribution in [0.5, 0.6) is 5.75 Å². The second-order valence-electron chi connectivity index (χ2n) is 1.08. The van der Waals surface area contributed by atoms with Gasteiger partial charge in [-0.3, -0.25) is 0 Å². The van der Waals surface area contributed by atoms with E-state index < -0.39 is 0 Å². The van der Waals surface area contributed by atoms with Gasteiger partial charge >= 0.3 is 0 Å². The summed E-state index contributed by atoms with van der Waals surface area (Å²) in [5.41, 5.74) is 5.15. The molecule has 3 N–H and O–H groups in total. The molecule has 0 spiro atoms. The van der Waals surface area contributed by atoms with E-state index in [9.17, 15) is 0 Å². The van der Waals surface area contributed by atoms with Crippen molar-refractivity contribution in [3.8, 4) is 5.75 Å². The fraction of sp³-hybridized carbons (Fsp3) is 0. The Morgan fingerprint density at radius 2 is 2.57 bits per heavy atom. The summed E-state index contributed by atoms with van der Waals surface area (Å²) < 4.78 is 3.59. The van der Waals surface area contributed by atoms with E-state index in [-0.39, 0.29) is 5.75 Å². The number of aromatic hydroxyl groups is 1. The molecule has 0 aliphatic rings. The third kappa shape index (κ3) is 0.640. The molecule has 0 saturated heterocycles. The van der Waals surface area contributed by atoms with Gasteiger partial charge in [-0.15, -0.1) is 0 Å². The van der Waals surface area contributed by atoms with Crippen LogP contribution in [0.4, 0.5) is 5.00 Å². The Morgan fingerprint density at radius 3 is 2.71 bits per heavy atom. The number of rotatable bonds is 0. The topological polar surface area (TPSA) is 59.1 Å². The molecule has 0 radical (unpaired) electrons. The van der Waals surface area contributed by atoms with Crippen molar-refractivity contribution in [2.45, 2.75) is 0 Å². The van der Waals surface area contributed by atoms with Crippen molar-refractivity contribution in [1.82, 2.24) is 4.37 Å². The minimum absolute atomic E-state index is 0.0741. The second-order valence-corrected chi connectivity index (χ2v) is 1.91. The van der Waals surface area contributed by atoms with Gasteiger partial charge in [-0.25, -0.2) is 0 Å². The Balaban J connectivity index is 3.12. The lowest BCUT2D eigenvalue weighted by atomic mass is 10.6. The van der Waals surface area contributed by atoms with Crippen molar-refractivity contribution in [3.63, 3.8) is 0 Å². The number of hydrogen-bond acceptors (Lipinski definition) is 4. The van der Waals surface area contributed by atoms with Crippen molar-refractivity contribution >= 4 is 16.5 Å². The van der Waals surface area contributed by atoms with E-state index in [0.717, 1.165) is 11.5 Å². The molecule has 0 fully saturated rings. The third-order valence-electron chi connectivity index (χ3n) is 0.578. The zero-order valence-corrected chi connectivity index (χ0v) is 4.27. The van der Waals surface area contributed by atoms with Crippen LogP contribution in [0.1, 0.15) is 0 Å². The Labute approximate surface area is 44.6 Å². The Kier molecular flexibility index (Phi) is 0.867. The van der Waals surface area contributed by atoms with Gasteiger partial charge in [0, 0.05) is 0 Å². The summed E-state index contributed by atoms with van der Waals surface area (Å²) in [6.07, 6.45) is 1.32. The fourth-order valence-corrected chi connectivity index (χ4v) is 0.656. The Bertz CT molecular complexity index is 145. The van der Waals surface area contributed by atoms with Gasteiger partial charge in [-0.1, -0.05) is 0 Å². The van der Waals surface area contributed by atoms with Crippen LogP contribution >= 0.6 is 11.5 Å². The van der Waals surface area contributed by atoms with Crippen LogP contribution in [-0.4, -0.2) is 9.48 Å². The van der Waals surface area contributed by atoms with Crippen molar-refractivity contribution in [2.75, 3.05) is 5.73 Å². The molecule has 1 aromatic rings. The largest absolute Gasteiger partial charge is 0.504 e. The molecule has 0 unspecified atom stereocenters. The van der Waals surface area contributed by atoms with Gasteiger partial charge in [-0.2, -0.15) is 4.37 Å². The smallest absolute Gasteiger partial charge is 0.170 e. The first-order valence-electron chi connectivity index (χ1n) is 1.70. The van der Waals surface area contributed by atoms with Crippen LogP contribution in [0.2, 0.25) is 0 Å². The number of anilines is 1. The molecule has 0 atom stereocenters. The maximum absolute atomic E-state index is 8.58. The molecule has 0 saturated carbocycles. The quantitative estimate of drug-likeness (QED) is 0.516. The summed E-state index contributed by atoms with van der Waals surface area (Å²) in [4.78, 5) is 0. The first-order valence-corrected chi connectivity index (χ1v) is 2.47. The molecule has 0 amide bonds. The standard InChI is InChI=1S/C3H4N2OS/c4-3-2(6)1-5-7-3/h1,6H,4H2. The van der Waals surface area contributed by atoms with E-state index in [1.165, 1.54) is 6.20 Å². The number of hydrogen-bond donors (Lipinski definition) is 2. The number of nitrogen functional groups attached to an aromatic ring is 1. The fourth-order valence-electron chi connectivity index (χ4n) is 0.243. The first-order chi connectivity index (χ1) is 3.30. The number of aromatic nitrogens is 1. The van der Waals surface area contributed by atoms with E-state index in [1.807, 2.05) is 0 Å². The van der Waals surface area contributed by atoms with E-state index in [0.29, 0.717) is 5.00 Å². The minimum atomic E-state index is 0.0741. The maximum atomic E-state index is 8.58. The molecule has 38 valence electrons. The first kappa shape index (κ1) is 4.39. The molecule has 0 aromatic carbocycles. The van der Waals surface area contributed by atoms with Crippen molar-refractivity contribution in [2.24, 2.45) is 0 Å². The van der Waals surface area contributed by atoms with E-state index in [4.69, 9.17) is 10.8 Å². The maximum Gasteiger partial charge on any atom is 0.170 e. The van der Waals surface area contributed by atoms with Gasteiger partial charge in [0.05, 0.1) is 6.20 Å². The Hall–Kier alpha value is -0.770. The highest BCUT2D eigenvalue weighted by atomic mass is 32.1. The highest BCUT2D eigenvalue weighted by molar-refractivity contribution is 7.10. The molecular formula is C3H4N2OS. The molecule has 0 aliphatic carbocycles. The van der Waals surface area contributed by atoms with Crippen molar-refractivity contribution in [1.29, 1.82) is 0 Å². The second kappa shape index (κ2) is 1.38. The van der Waals surface area contributed by atoms with Gasteiger partial charge in [0.1, 0.15) is 5.00 Å². The van der Waals surface area contributed by atoms with E-state index in [1.54, 1.807) is 0 Å². The van der Waals surface area contributed by atoms with Gasteiger partial charge in [0.2, 0.25) is 0 Å². The molecular weight excluding hydrogens is 112 g/mol. The summed E-state index contributed by atoms with van der Waals surface area (Å²) in [7, 11) is 0. The monoisotopic (exact) mass is 116 g/mol. The number of nitrogens with two attached hydrogens (primary N) is 1. The summed E-state index contributed by atoms with van der Waals surface area (Å²) in [6, 6.07) is 0. The molecule has 1 aromatic heterocycles. The average molecular weight is 116 g/mol. The van der Waals surface area contributed by atoms with Crippen LogP contribution in [0.15, 0.2) is 6.20 Å². The van der Waals surface area contributed by atoms with Crippen LogP contribution in [0.25, 0.3) is 0 Å². The van der Waals surface area contributed by atoms with Gasteiger partial charge in [0.25, 0.3) is 0 Å². The van der Waals surface area contributed by atoms with Crippen LogP contribution in [0, 0.1) is 0 Å². The van der Waals surface area contributed by atoms with E-state index in [2.05, 4.69) is 4.37 Å². The molecule has 7 heavy (non-hydrogen) atoms. The van der Waals surface area contributed by atoms with Crippen LogP contribution in [-0.2, 0) is 0 Å². The highest BCUT2D eigenvalue weighted by Gasteiger charge is 1.93. The lowest BCUT2D eigenvalue weighted by Crippen LogP contribution is -1.75. The van der Waals surface area contributed by atoms with Crippen LogP contribution < -0.4 is 5.73 Å². The highest BCUT2D eigenvalue weighted by Crippen LogP contribution is 2.21. The summed E-state index contributed by atoms with van der Waals surface area (Å²) in [5.74, 6) is 0.0741. The lowest BCUT2D eigenvalue weighted by molar-refractivity contribution is 0.479. The normalized spacial score (nSPS) is 9.14. The third-order valence-corrected chi connectivity index (χ3v) is 1.20. The SMILES string of the molecule is Nc1sncc1O. The van der Waals surface area contributed by atoms with Gasteiger partial charge < -0.3 is 10.8 Å². The molecule has 0 aliphatic heterocycles. The Morgan fingerprint density at radius 1 is 1.86 bits per heavy atom. The summed E-state index contributed by atoms with van der Waals surface area (Å²) >= 11 is 1.08. The van der Waals surface area contributed by atoms with Crippen LogP contribution in [0.3, 0.4) is 0 Å². The molecule has 3 nitrogen and oxygen atoms in total. The molecule has 0 bridgehead atoms. The zero-order chi connectivity index (χ0) is 5.28. The average Bonchev–Trinajstić information content (AvgIpc) is 1.91. The predicted molar refractivity (Wildman–Crippen MR) is 28.2 cm³/mol. The molecule has 1 heterocycles. The summed E-state index contributed by atoms with van der Waals surface area (Å²) in [6.45, 7) is 0. The number of nitrogens with zero attached hydrogens (tertiary/aromatic N) is 1. The van der Waals surface area contributed by atoms with Gasteiger partial charge in [0.15, 0.2) is 5.75 Å². The van der Waals surface area contributed by atoms with Gasteiger partial charge in [-0.05, 0) is 11.5 Å².